The van der Waals surface area contributed by atoms with Crippen LogP contribution in [0.4, 0.5) is 4.79 Å². The summed E-state index contributed by atoms with van der Waals surface area (Å²) in [6, 6.07) is 6.83. The lowest BCUT2D eigenvalue weighted by Gasteiger charge is -2.33. The van der Waals surface area contributed by atoms with Gasteiger partial charge < -0.3 is 29.8 Å². The summed E-state index contributed by atoms with van der Waals surface area (Å²) in [4.78, 5) is 55.3. The number of ether oxygens (including phenoxy) is 3. The highest BCUT2D eigenvalue weighted by Crippen LogP contribution is 2.63. The maximum atomic E-state index is 13.3. The average Bonchev–Trinajstić information content (AvgIpc) is 3.28. The molecule has 10 heteroatoms. The lowest BCUT2D eigenvalue weighted by Crippen LogP contribution is -2.59. The number of rotatable bonds is 7. The Balaban J connectivity index is 1.65. The number of esters is 2. The summed E-state index contributed by atoms with van der Waals surface area (Å²) in [6.07, 6.45) is 0.886. The zero-order valence-electron chi connectivity index (χ0n) is 21.2. The van der Waals surface area contributed by atoms with Crippen LogP contribution in [0.2, 0.25) is 0 Å². The van der Waals surface area contributed by atoms with Crippen LogP contribution < -0.4 is 10.6 Å². The van der Waals surface area contributed by atoms with Crippen LogP contribution in [0.25, 0.3) is 10.9 Å². The van der Waals surface area contributed by atoms with Crippen molar-refractivity contribution < 1.29 is 33.4 Å². The standard InChI is InChI=1S/C26H33N3O7/c1-6-34-22(31)19-18-17(28-21(30)15-13-27-16-11-9-8-10-14(15)16)12-26(20(18)19,23(32)35-7-2)29-24(33)36-25(3,4)5/h8-11,13,17-20,27H,6-7,12H2,1-5H3,(H,28,30)(H,29,33)/t17?,18?,19-,20?,26?/m0/s1. The molecule has 3 N–H and O–H groups in total. The predicted octanol–water partition coefficient (Wildman–Crippen LogP) is 2.92. The van der Waals surface area contributed by atoms with Crippen molar-refractivity contribution in [1.29, 1.82) is 0 Å². The first-order chi connectivity index (χ1) is 17.0. The summed E-state index contributed by atoms with van der Waals surface area (Å²) in [5.74, 6) is -3.16. The summed E-state index contributed by atoms with van der Waals surface area (Å²) in [5, 5.41) is 6.47. The fourth-order valence-electron chi connectivity index (χ4n) is 5.43. The molecule has 2 aromatic rings. The SMILES string of the molecule is CCOC(=O)[C@H]1C2C(NC(=O)c3c[nH]c4ccccc34)CC(NC(=O)OC(C)(C)C)(C(=O)OCC)C21. The third-order valence-electron chi connectivity index (χ3n) is 6.72. The Morgan fingerprint density at radius 3 is 2.44 bits per heavy atom. The molecule has 4 unspecified atom stereocenters. The van der Waals surface area contributed by atoms with Crippen molar-refractivity contribution in [3.05, 3.63) is 36.0 Å². The number of hydrogen-bond acceptors (Lipinski definition) is 7. The van der Waals surface area contributed by atoms with Crippen LogP contribution >= 0.6 is 0 Å². The maximum Gasteiger partial charge on any atom is 0.408 e. The minimum Gasteiger partial charge on any atom is -0.466 e. The van der Waals surface area contributed by atoms with Gasteiger partial charge in [0, 0.05) is 35.5 Å². The highest BCUT2D eigenvalue weighted by atomic mass is 16.6. The summed E-state index contributed by atoms with van der Waals surface area (Å²) in [5.41, 5.74) is -1.08. The van der Waals surface area contributed by atoms with Gasteiger partial charge >= 0.3 is 18.0 Å². The van der Waals surface area contributed by atoms with E-state index in [9.17, 15) is 19.2 Å². The summed E-state index contributed by atoms with van der Waals surface area (Å²) in [7, 11) is 0. The second-order valence-electron chi connectivity index (χ2n) is 10.2. The normalized spacial score (nSPS) is 26.6. The Labute approximate surface area is 209 Å². The van der Waals surface area contributed by atoms with Crippen molar-refractivity contribution in [3.8, 4) is 0 Å². The zero-order chi connectivity index (χ0) is 26.3. The van der Waals surface area contributed by atoms with Crippen molar-refractivity contribution in [3.63, 3.8) is 0 Å². The second-order valence-corrected chi connectivity index (χ2v) is 10.2. The molecular weight excluding hydrogens is 466 g/mol. The van der Waals surface area contributed by atoms with E-state index < -0.39 is 53.0 Å². The number of carbonyl (C=O) groups excluding carboxylic acids is 4. The van der Waals surface area contributed by atoms with E-state index >= 15 is 0 Å². The fraction of sp³-hybridized carbons (Fsp3) is 0.538. The molecule has 0 spiro atoms. The molecule has 0 bridgehead atoms. The summed E-state index contributed by atoms with van der Waals surface area (Å²) < 4.78 is 16.0. The number of fused-ring (bicyclic) bond motifs is 2. The Hall–Kier alpha value is -3.56. The molecule has 1 aromatic heterocycles. The van der Waals surface area contributed by atoms with Crippen molar-refractivity contribution >= 4 is 34.8 Å². The number of nitrogens with one attached hydrogen (secondary N) is 3. The van der Waals surface area contributed by atoms with Crippen LogP contribution in [0.3, 0.4) is 0 Å². The van der Waals surface area contributed by atoms with Gasteiger partial charge in [0.15, 0.2) is 0 Å². The van der Waals surface area contributed by atoms with Gasteiger partial charge in [0.1, 0.15) is 11.1 Å². The number of carbonyl (C=O) groups is 4. The van der Waals surface area contributed by atoms with Crippen molar-refractivity contribution in [2.24, 2.45) is 17.8 Å². The number of alkyl carbamates (subject to hydrolysis) is 1. The smallest absolute Gasteiger partial charge is 0.408 e. The molecule has 2 saturated carbocycles. The molecule has 2 fully saturated rings. The molecule has 2 aliphatic carbocycles. The van der Waals surface area contributed by atoms with Gasteiger partial charge in [-0.15, -0.1) is 0 Å². The first-order valence-corrected chi connectivity index (χ1v) is 12.2. The van der Waals surface area contributed by atoms with Crippen LogP contribution in [0.5, 0.6) is 0 Å². The Morgan fingerprint density at radius 2 is 1.78 bits per heavy atom. The highest BCUT2D eigenvalue weighted by molar-refractivity contribution is 6.07. The zero-order valence-corrected chi connectivity index (χ0v) is 21.2. The van der Waals surface area contributed by atoms with Gasteiger partial charge in [-0.25, -0.2) is 9.59 Å². The number of amides is 2. The number of benzene rings is 1. The molecule has 0 saturated heterocycles. The molecule has 2 amide bonds. The molecule has 36 heavy (non-hydrogen) atoms. The van der Waals surface area contributed by atoms with Crippen molar-refractivity contribution in [2.75, 3.05) is 13.2 Å². The van der Waals surface area contributed by atoms with E-state index in [2.05, 4.69) is 15.6 Å². The quantitative estimate of drug-likeness (QED) is 0.394. The van der Waals surface area contributed by atoms with E-state index in [1.54, 1.807) is 40.8 Å². The molecule has 4 rings (SSSR count). The van der Waals surface area contributed by atoms with E-state index in [-0.39, 0.29) is 25.5 Å². The van der Waals surface area contributed by atoms with Crippen molar-refractivity contribution in [1.82, 2.24) is 15.6 Å². The molecule has 5 atom stereocenters. The van der Waals surface area contributed by atoms with E-state index in [0.717, 1.165) is 10.9 Å². The number of H-pyrrole nitrogens is 1. The number of aromatic nitrogens is 1. The van der Waals surface area contributed by atoms with E-state index in [0.29, 0.717) is 5.56 Å². The van der Waals surface area contributed by atoms with Crippen LogP contribution in [-0.4, -0.2) is 59.3 Å². The highest BCUT2D eigenvalue weighted by Gasteiger charge is 2.76. The van der Waals surface area contributed by atoms with Gasteiger partial charge in [-0.05, 0) is 46.6 Å². The van der Waals surface area contributed by atoms with Gasteiger partial charge in [-0.3, -0.25) is 9.59 Å². The molecule has 2 aliphatic rings. The second kappa shape index (κ2) is 9.48. The largest absolute Gasteiger partial charge is 0.466 e. The topological polar surface area (TPSA) is 136 Å². The lowest BCUT2D eigenvalue weighted by atomic mass is 9.88. The monoisotopic (exact) mass is 499 g/mol. The molecule has 0 radical (unpaired) electrons. The van der Waals surface area contributed by atoms with Crippen LogP contribution in [-0.2, 0) is 23.8 Å². The summed E-state index contributed by atoms with van der Waals surface area (Å²) >= 11 is 0. The van der Waals surface area contributed by atoms with Crippen LogP contribution in [0, 0.1) is 17.8 Å². The Kier molecular flexibility index (Phi) is 6.72. The van der Waals surface area contributed by atoms with E-state index in [4.69, 9.17) is 14.2 Å². The van der Waals surface area contributed by atoms with Crippen molar-refractivity contribution in [2.45, 2.75) is 58.2 Å². The summed E-state index contributed by atoms with van der Waals surface area (Å²) in [6.45, 7) is 8.76. The minimum atomic E-state index is -1.54. The Morgan fingerprint density at radius 1 is 1.08 bits per heavy atom. The molecule has 1 aromatic carbocycles. The van der Waals surface area contributed by atoms with Gasteiger partial charge in [0.2, 0.25) is 0 Å². The molecule has 194 valence electrons. The Bertz CT molecular complexity index is 1180. The van der Waals surface area contributed by atoms with Gasteiger partial charge in [-0.1, -0.05) is 18.2 Å². The number of aromatic amines is 1. The van der Waals surface area contributed by atoms with Gasteiger partial charge in [0.05, 0.1) is 24.7 Å². The van der Waals surface area contributed by atoms with Crippen LogP contribution in [0.15, 0.2) is 30.5 Å². The van der Waals surface area contributed by atoms with E-state index in [1.807, 2.05) is 24.3 Å². The molecular formula is C26H33N3O7. The number of hydrogen-bond donors (Lipinski definition) is 3. The first kappa shape index (κ1) is 25.5. The first-order valence-electron chi connectivity index (χ1n) is 12.2. The van der Waals surface area contributed by atoms with Gasteiger partial charge in [-0.2, -0.15) is 0 Å². The molecule has 1 heterocycles. The average molecular weight is 500 g/mol. The predicted molar refractivity (Wildman–Crippen MR) is 130 cm³/mol. The third-order valence-corrected chi connectivity index (χ3v) is 6.72. The fourth-order valence-corrected chi connectivity index (χ4v) is 5.43. The maximum absolute atomic E-state index is 13.3. The van der Waals surface area contributed by atoms with Gasteiger partial charge in [0.25, 0.3) is 5.91 Å². The minimum absolute atomic E-state index is 0.0599. The molecule has 10 nitrogen and oxygen atoms in total. The lowest BCUT2D eigenvalue weighted by molar-refractivity contribution is -0.153. The third kappa shape index (κ3) is 4.64. The van der Waals surface area contributed by atoms with E-state index in [1.165, 1.54) is 0 Å². The van der Waals surface area contributed by atoms with Crippen LogP contribution in [0.1, 0.15) is 51.4 Å². The molecule has 0 aliphatic heterocycles. The number of para-hydroxylation sites is 1.